The van der Waals surface area contributed by atoms with Crippen molar-refractivity contribution in [2.75, 3.05) is 13.1 Å². The largest absolute Gasteiger partial charge is 0.419 e. The van der Waals surface area contributed by atoms with Crippen LogP contribution < -0.4 is 0 Å². The third-order valence-corrected chi connectivity index (χ3v) is 5.75. The number of nitrogens with zero attached hydrogens (tertiary/aromatic N) is 4. The summed E-state index contributed by atoms with van der Waals surface area (Å²) in [7, 11) is 0. The van der Waals surface area contributed by atoms with E-state index in [0.29, 0.717) is 41.2 Å². The van der Waals surface area contributed by atoms with Gasteiger partial charge in [0.15, 0.2) is 0 Å². The number of hydrogen-bond donors (Lipinski definition) is 0. The highest BCUT2D eigenvalue weighted by Crippen LogP contribution is 2.31. The predicted octanol–water partition coefficient (Wildman–Crippen LogP) is 4.96. The smallest absolute Gasteiger partial charge is 0.266 e. The van der Waals surface area contributed by atoms with Crippen molar-refractivity contribution in [3.8, 4) is 11.6 Å². The van der Waals surface area contributed by atoms with Crippen LogP contribution in [0.15, 0.2) is 65.2 Å². The van der Waals surface area contributed by atoms with E-state index in [1.165, 1.54) is 0 Å². The molecule has 0 atom stereocenters. The van der Waals surface area contributed by atoms with Crippen LogP contribution in [0, 0.1) is 0 Å². The van der Waals surface area contributed by atoms with Crippen LogP contribution in [0.4, 0.5) is 0 Å². The third-order valence-electron chi connectivity index (χ3n) is 5.52. The second-order valence-electron chi connectivity index (χ2n) is 7.40. The summed E-state index contributed by atoms with van der Waals surface area (Å²) in [6.45, 7) is 1.28. The Kier molecular flexibility index (Phi) is 4.93. The van der Waals surface area contributed by atoms with Crippen LogP contribution >= 0.6 is 11.6 Å². The normalized spacial score (nSPS) is 14.9. The number of aromatic nitrogens is 3. The maximum atomic E-state index is 12.7. The molecule has 0 bridgehead atoms. The fraction of sp³-hybridized carbons (Fsp3) is 0.217. The van der Waals surface area contributed by atoms with E-state index in [1.54, 1.807) is 30.5 Å². The lowest BCUT2D eigenvalue weighted by Crippen LogP contribution is -2.38. The molecule has 1 aliphatic heterocycles. The van der Waals surface area contributed by atoms with Crippen molar-refractivity contribution >= 4 is 28.3 Å². The SMILES string of the molecule is O=C(c1cccc(Cl)c1)N1CCC(c2nnc(-c3nccc4ccccc34)o2)CC1. The number of piperidine rings is 1. The molecule has 6 nitrogen and oxygen atoms in total. The van der Waals surface area contributed by atoms with Gasteiger partial charge in [-0.3, -0.25) is 9.78 Å². The minimum atomic E-state index is 0.00197. The Balaban J connectivity index is 1.31. The number of pyridine rings is 1. The van der Waals surface area contributed by atoms with Crippen LogP contribution in [0.2, 0.25) is 5.02 Å². The molecule has 1 aliphatic rings. The van der Waals surface area contributed by atoms with E-state index < -0.39 is 0 Å². The molecular weight excluding hydrogens is 400 g/mol. The molecule has 2 aromatic carbocycles. The zero-order valence-electron chi connectivity index (χ0n) is 16.2. The summed E-state index contributed by atoms with van der Waals surface area (Å²) >= 11 is 6.02. The number of halogens is 1. The van der Waals surface area contributed by atoms with Gasteiger partial charge in [0.1, 0.15) is 5.69 Å². The first-order valence-corrected chi connectivity index (χ1v) is 10.3. The van der Waals surface area contributed by atoms with E-state index in [9.17, 15) is 4.79 Å². The highest BCUT2D eigenvalue weighted by Gasteiger charge is 2.28. The summed E-state index contributed by atoms with van der Waals surface area (Å²) in [4.78, 5) is 19.0. The molecular formula is C23H19ClN4O2. The number of rotatable bonds is 3. The molecule has 1 fully saturated rings. The molecule has 3 heterocycles. The molecule has 0 spiro atoms. The zero-order valence-corrected chi connectivity index (χ0v) is 16.9. The standard InChI is InChI=1S/C23H19ClN4O2/c24-18-6-3-5-17(14-18)23(29)28-12-9-16(10-13-28)21-26-27-22(30-21)20-19-7-2-1-4-15(19)8-11-25-20/h1-8,11,14,16H,9-10,12-13H2. The Labute approximate surface area is 178 Å². The molecule has 0 aliphatic carbocycles. The molecule has 1 saturated heterocycles. The fourth-order valence-corrected chi connectivity index (χ4v) is 4.11. The van der Waals surface area contributed by atoms with Crippen LogP contribution in [0.3, 0.4) is 0 Å². The maximum absolute atomic E-state index is 12.7. The molecule has 4 aromatic rings. The summed E-state index contributed by atoms with van der Waals surface area (Å²) in [5.74, 6) is 1.17. The predicted molar refractivity (Wildman–Crippen MR) is 114 cm³/mol. The minimum Gasteiger partial charge on any atom is -0.419 e. The average Bonchev–Trinajstić information content (AvgIpc) is 3.28. The van der Waals surface area contributed by atoms with Gasteiger partial charge in [-0.2, -0.15) is 0 Å². The van der Waals surface area contributed by atoms with Gasteiger partial charge in [-0.05, 0) is 42.5 Å². The number of hydrogen-bond acceptors (Lipinski definition) is 5. The van der Waals surface area contributed by atoms with E-state index in [0.717, 1.165) is 23.6 Å². The lowest BCUT2D eigenvalue weighted by atomic mass is 9.96. The van der Waals surface area contributed by atoms with Crippen molar-refractivity contribution in [1.82, 2.24) is 20.1 Å². The molecule has 0 radical (unpaired) electrons. The highest BCUT2D eigenvalue weighted by molar-refractivity contribution is 6.30. The molecule has 7 heteroatoms. The van der Waals surface area contributed by atoms with Gasteiger partial charge in [-0.15, -0.1) is 10.2 Å². The minimum absolute atomic E-state index is 0.00197. The lowest BCUT2D eigenvalue weighted by molar-refractivity contribution is 0.0706. The molecule has 5 rings (SSSR count). The molecule has 1 amide bonds. The van der Waals surface area contributed by atoms with E-state index in [-0.39, 0.29) is 11.8 Å². The highest BCUT2D eigenvalue weighted by atomic mass is 35.5. The van der Waals surface area contributed by atoms with Gasteiger partial charge in [0.25, 0.3) is 11.8 Å². The Morgan fingerprint density at radius 2 is 1.87 bits per heavy atom. The lowest BCUT2D eigenvalue weighted by Gasteiger charge is -2.30. The first kappa shape index (κ1) is 18.8. The number of amides is 1. The Morgan fingerprint density at radius 3 is 2.70 bits per heavy atom. The number of fused-ring (bicyclic) bond motifs is 1. The molecule has 30 heavy (non-hydrogen) atoms. The van der Waals surface area contributed by atoms with Crippen molar-refractivity contribution in [2.45, 2.75) is 18.8 Å². The van der Waals surface area contributed by atoms with E-state index >= 15 is 0 Å². The Hall–Kier alpha value is -3.25. The van der Waals surface area contributed by atoms with Gasteiger partial charge in [0.2, 0.25) is 5.89 Å². The van der Waals surface area contributed by atoms with Crippen molar-refractivity contribution < 1.29 is 9.21 Å². The second-order valence-corrected chi connectivity index (χ2v) is 7.84. The van der Waals surface area contributed by atoms with Crippen LogP contribution in [-0.4, -0.2) is 39.1 Å². The first-order valence-electron chi connectivity index (χ1n) is 9.91. The molecule has 150 valence electrons. The molecule has 0 N–H and O–H groups in total. The first-order chi connectivity index (χ1) is 14.7. The van der Waals surface area contributed by atoms with Crippen LogP contribution in [0.25, 0.3) is 22.4 Å². The number of carbonyl (C=O) groups excluding carboxylic acids is 1. The monoisotopic (exact) mass is 418 g/mol. The van der Waals surface area contributed by atoms with E-state index in [2.05, 4.69) is 15.2 Å². The fourth-order valence-electron chi connectivity index (χ4n) is 3.92. The van der Waals surface area contributed by atoms with Gasteiger partial charge in [0, 0.05) is 41.2 Å². The summed E-state index contributed by atoms with van der Waals surface area (Å²) in [6, 6.07) is 17.0. The molecule has 0 saturated carbocycles. The Morgan fingerprint density at radius 1 is 1.03 bits per heavy atom. The van der Waals surface area contributed by atoms with Gasteiger partial charge in [0.05, 0.1) is 0 Å². The summed E-state index contributed by atoms with van der Waals surface area (Å²) in [5.41, 5.74) is 1.31. The van der Waals surface area contributed by atoms with Gasteiger partial charge in [-0.25, -0.2) is 0 Å². The second kappa shape index (κ2) is 7.88. The van der Waals surface area contributed by atoms with Gasteiger partial charge in [-0.1, -0.05) is 41.9 Å². The van der Waals surface area contributed by atoms with Crippen LogP contribution in [0.5, 0.6) is 0 Å². The van der Waals surface area contributed by atoms with Crippen molar-refractivity contribution in [2.24, 2.45) is 0 Å². The van der Waals surface area contributed by atoms with E-state index in [1.807, 2.05) is 35.2 Å². The van der Waals surface area contributed by atoms with Crippen LogP contribution in [-0.2, 0) is 0 Å². The summed E-state index contributed by atoms with van der Waals surface area (Å²) in [6.07, 6.45) is 3.30. The Bertz CT molecular complexity index is 1210. The number of benzene rings is 2. The van der Waals surface area contributed by atoms with Crippen LogP contribution in [0.1, 0.15) is 35.0 Å². The zero-order chi connectivity index (χ0) is 20.5. The number of likely N-dealkylation sites (tertiary alicyclic amines) is 1. The topological polar surface area (TPSA) is 72.1 Å². The summed E-state index contributed by atoms with van der Waals surface area (Å²) < 4.78 is 6.01. The molecule has 0 unspecified atom stereocenters. The third kappa shape index (κ3) is 3.55. The van der Waals surface area contributed by atoms with Gasteiger partial charge >= 0.3 is 0 Å². The van der Waals surface area contributed by atoms with Gasteiger partial charge < -0.3 is 9.32 Å². The van der Waals surface area contributed by atoms with Crippen molar-refractivity contribution in [3.63, 3.8) is 0 Å². The average molecular weight is 419 g/mol. The number of carbonyl (C=O) groups is 1. The molecule has 2 aromatic heterocycles. The quantitative estimate of drug-likeness (QED) is 0.470. The maximum Gasteiger partial charge on any atom is 0.266 e. The summed E-state index contributed by atoms with van der Waals surface area (Å²) in [5, 5.41) is 11.2. The van der Waals surface area contributed by atoms with Crippen molar-refractivity contribution in [3.05, 3.63) is 77.3 Å². The van der Waals surface area contributed by atoms with E-state index in [4.69, 9.17) is 16.0 Å². The van der Waals surface area contributed by atoms with Crippen molar-refractivity contribution in [1.29, 1.82) is 0 Å².